The monoisotopic (exact) mass is 954 g/mol. The number of hydrogen-bond donors (Lipinski definition) is 3. The topological polar surface area (TPSA) is 95.9 Å². The van der Waals surface area contributed by atoms with Gasteiger partial charge in [0.05, 0.1) is 25.4 Å². The molecular weight excluding hydrogens is 839 g/mol. The number of carbonyl (C=O) groups excluding carboxylic acids is 2. The molecule has 68 heavy (non-hydrogen) atoms. The number of carbonyl (C=O) groups is 2. The van der Waals surface area contributed by atoms with E-state index in [9.17, 15) is 19.8 Å². The molecule has 0 saturated carbocycles. The predicted octanol–water partition coefficient (Wildman–Crippen LogP) is 18.6. The van der Waals surface area contributed by atoms with Crippen LogP contribution in [0.15, 0.2) is 48.6 Å². The molecule has 0 aromatic carbocycles. The molecule has 0 aromatic rings. The first-order valence-corrected chi connectivity index (χ1v) is 29.9. The molecule has 0 fully saturated rings. The summed E-state index contributed by atoms with van der Waals surface area (Å²) >= 11 is 0. The zero-order chi connectivity index (χ0) is 49.3. The van der Waals surface area contributed by atoms with Gasteiger partial charge in [-0.05, 0) is 89.9 Å². The molecule has 1 amide bonds. The van der Waals surface area contributed by atoms with Gasteiger partial charge >= 0.3 is 5.97 Å². The van der Waals surface area contributed by atoms with E-state index in [1.54, 1.807) is 6.08 Å². The number of unbranched alkanes of at least 4 members (excludes halogenated alkanes) is 38. The van der Waals surface area contributed by atoms with Gasteiger partial charge in [-0.15, -0.1) is 0 Å². The van der Waals surface area contributed by atoms with E-state index in [1.165, 1.54) is 180 Å². The van der Waals surface area contributed by atoms with Crippen LogP contribution in [0.2, 0.25) is 0 Å². The van der Waals surface area contributed by atoms with E-state index in [1.807, 2.05) is 6.08 Å². The molecule has 398 valence electrons. The van der Waals surface area contributed by atoms with Gasteiger partial charge in [-0.1, -0.05) is 255 Å². The molecule has 0 aliphatic rings. The number of hydrogen-bond acceptors (Lipinski definition) is 5. The number of aliphatic hydroxyl groups excluding tert-OH is 2. The van der Waals surface area contributed by atoms with E-state index >= 15 is 0 Å². The molecular formula is C62H115NO5. The summed E-state index contributed by atoms with van der Waals surface area (Å²) in [5.74, 6) is -0.132. The van der Waals surface area contributed by atoms with Crippen LogP contribution in [0, 0.1) is 0 Å². The Morgan fingerprint density at radius 1 is 0.412 bits per heavy atom. The molecule has 0 aromatic heterocycles. The van der Waals surface area contributed by atoms with Crippen molar-refractivity contribution in [2.24, 2.45) is 0 Å². The van der Waals surface area contributed by atoms with Crippen molar-refractivity contribution in [3.05, 3.63) is 48.6 Å². The summed E-state index contributed by atoms with van der Waals surface area (Å²) in [6, 6.07) is -0.650. The van der Waals surface area contributed by atoms with E-state index in [-0.39, 0.29) is 18.5 Å². The summed E-state index contributed by atoms with van der Waals surface area (Å²) in [5.41, 5.74) is 0. The first-order chi connectivity index (χ1) is 33.5. The van der Waals surface area contributed by atoms with Gasteiger partial charge in [-0.3, -0.25) is 9.59 Å². The summed E-state index contributed by atoms with van der Waals surface area (Å²) < 4.78 is 5.44. The van der Waals surface area contributed by atoms with Crippen LogP contribution >= 0.6 is 0 Å². The zero-order valence-corrected chi connectivity index (χ0v) is 45.3. The lowest BCUT2D eigenvalue weighted by atomic mass is 10.0. The van der Waals surface area contributed by atoms with Crippen LogP contribution in [0.5, 0.6) is 0 Å². The lowest BCUT2D eigenvalue weighted by Gasteiger charge is -2.20. The number of nitrogens with one attached hydrogen (secondary N) is 1. The first-order valence-electron chi connectivity index (χ1n) is 29.9. The fourth-order valence-corrected chi connectivity index (χ4v) is 8.94. The molecule has 2 unspecified atom stereocenters. The van der Waals surface area contributed by atoms with E-state index in [2.05, 4.69) is 55.6 Å². The summed E-state index contributed by atoms with van der Waals surface area (Å²) in [6.45, 7) is 4.81. The summed E-state index contributed by atoms with van der Waals surface area (Å²) in [7, 11) is 0. The minimum Gasteiger partial charge on any atom is -0.466 e. The van der Waals surface area contributed by atoms with Crippen molar-refractivity contribution in [3.63, 3.8) is 0 Å². The smallest absolute Gasteiger partial charge is 0.305 e. The van der Waals surface area contributed by atoms with Crippen molar-refractivity contribution in [3.8, 4) is 0 Å². The summed E-state index contributed by atoms with van der Waals surface area (Å²) in [4.78, 5) is 24.5. The number of rotatable bonds is 55. The zero-order valence-electron chi connectivity index (χ0n) is 45.3. The Morgan fingerprint density at radius 2 is 0.750 bits per heavy atom. The molecule has 0 rings (SSSR count). The van der Waals surface area contributed by atoms with Gasteiger partial charge in [0.15, 0.2) is 0 Å². The third kappa shape index (κ3) is 53.2. The lowest BCUT2D eigenvalue weighted by Crippen LogP contribution is -2.45. The average Bonchev–Trinajstić information content (AvgIpc) is 3.34. The highest BCUT2D eigenvalue weighted by atomic mass is 16.5. The lowest BCUT2D eigenvalue weighted by molar-refractivity contribution is -0.143. The molecule has 0 radical (unpaired) electrons. The molecule has 6 nitrogen and oxygen atoms in total. The molecule has 0 saturated heterocycles. The van der Waals surface area contributed by atoms with E-state index < -0.39 is 12.1 Å². The van der Waals surface area contributed by atoms with Gasteiger partial charge < -0.3 is 20.3 Å². The van der Waals surface area contributed by atoms with Crippen molar-refractivity contribution in [2.45, 2.75) is 321 Å². The Bertz CT molecular complexity index is 1150. The molecule has 6 heteroatoms. The predicted molar refractivity (Wildman–Crippen MR) is 296 cm³/mol. The van der Waals surface area contributed by atoms with Crippen LogP contribution in [-0.2, 0) is 14.3 Å². The maximum Gasteiger partial charge on any atom is 0.305 e. The Hall–Kier alpha value is -2.18. The number of esters is 1. The van der Waals surface area contributed by atoms with Gasteiger partial charge in [0.1, 0.15) is 0 Å². The number of amides is 1. The maximum absolute atomic E-state index is 12.5. The Balaban J connectivity index is 3.54. The number of ether oxygens (including phenoxy) is 1. The third-order valence-corrected chi connectivity index (χ3v) is 13.6. The van der Waals surface area contributed by atoms with E-state index in [0.29, 0.717) is 19.4 Å². The number of allylic oxidation sites excluding steroid dienone is 7. The maximum atomic E-state index is 12.5. The van der Waals surface area contributed by atoms with Gasteiger partial charge in [0, 0.05) is 12.8 Å². The van der Waals surface area contributed by atoms with Crippen LogP contribution in [0.3, 0.4) is 0 Å². The van der Waals surface area contributed by atoms with Crippen LogP contribution < -0.4 is 5.32 Å². The van der Waals surface area contributed by atoms with Gasteiger partial charge in [-0.2, -0.15) is 0 Å². The second-order valence-corrected chi connectivity index (χ2v) is 20.3. The van der Waals surface area contributed by atoms with E-state index in [0.717, 1.165) is 103 Å². The molecule has 2 atom stereocenters. The van der Waals surface area contributed by atoms with Crippen molar-refractivity contribution < 1.29 is 24.5 Å². The molecule has 0 aliphatic carbocycles. The average molecular weight is 955 g/mol. The normalized spacial score (nSPS) is 12.9. The Morgan fingerprint density at radius 3 is 1.18 bits per heavy atom. The largest absolute Gasteiger partial charge is 0.466 e. The fourth-order valence-electron chi connectivity index (χ4n) is 8.94. The molecule has 3 N–H and O–H groups in total. The highest BCUT2D eigenvalue weighted by Gasteiger charge is 2.18. The van der Waals surface area contributed by atoms with Crippen LogP contribution in [0.1, 0.15) is 309 Å². The second-order valence-electron chi connectivity index (χ2n) is 20.3. The minimum absolute atomic E-state index is 0.0389. The van der Waals surface area contributed by atoms with Crippen molar-refractivity contribution >= 4 is 11.9 Å². The third-order valence-electron chi connectivity index (χ3n) is 13.6. The SMILES string of the molecule is CCCC/C=C\C/C=C\CCCCCCCC(=O)OCCCCC/C=C\CCCCCCCC(=O)NC(CO)C(O)/C=C/CCCCCCCCCCCCCCCCCCCCCCCCC. The van der Waals surface area contributed by atoms with Crippen LogP contribution in [0.25, 0.3) is 0 Å². The molecule has 0 spiro atoms. The van der Waals surface area contributed by atoms with Crippen LogP contribution in [0.4, 0.5) is 0 Å². The fraction of sp³-hybridized carbons (Fsp3) is 0.839. The Labute approximate surface area is 423 Å². The highest BCUT2D eigenvalue weighted by Crippen LogP contribution is 2.17. The Kier molecular flexibility index (Phi) is 55.6. The molecule has 0 bridgehead atoms. The van der Waals surface area contributed by atoms with Crippen molar-refractivity contribution in [1.29, 1.82) is 0 Å². The second kappa shape index (κ2) is 57.4. The van der Waals surface area contributed by atoms with E-state index in [4.69, 9.17) is 4.74 Å². The minimum atomic E-state index is -0.864. The van der Waals surface area contributed by atoms with Crippen molar-refractivity contribution in [1.82, 2.24) is 5.32 Å². The first kappa shape index (κ1) is 65.8. The molecule has 0 heterocycles. The van der Waals surface area contributed by atoms with Crippen LogP contribution in [-0.4, -0.2) is 47.4 Å². The quantitative estimate of drug-likeness (QED) is 0.0321. The summed E-state index contributed by atoms with van der Waals surface area (Å²) in [6.07, 6.45) is 72.8. The van der Waals surface area contributed by atoms with Gasteiger partial charge in [-0.25, -0.2) is 0 Å². The standard InChI is InChI=1S/C62H115NO5/c1-3-5-7-9-11-13-15-17-19-20-21-22-23-24-25-26-27-28-29-30-34-38-42-46-50-54-60(65)59(58-64)63-61(66)55-51-47-43-39-35-32-33-37-41-45-49-53-57-68-62(67)56-52-48-44-40-36-31-18-16-14-12-10-8-6-4-2/h10,12,16,18,33,37,50,54,59-60,64-65H,3-9,11,13-15,17,19-32,34-36,38-49,51-53,55-58H2,1-2H3,(H,63,66)/b12-10-,18-16-,37-33-,54-50+. The summed E-state index contributed by atoms with van der Waals surface area (Å²) in [5, 5.41) is 23.2. The highest BCUT2D eigenvalue weighted by molar-refractivity contribution is 5.76. The van der Waals surface area contributed by atoms with Crippen molar-refractivity contribution in [2.75, 3.05) is 13.2 Å². The van der Waals surface area contributed by atoms with Gasteiger partial charge in [0.2, 0.25) is 5.91 Å². The van der Waals surface area contributed by atoms with Gasteiger partial charge in [0.25, 0.3) is 0 Å². The number of aliphatic hydroxyl groups is 2. The molecule has 0 aliphatic heterocycles.